The van der Waals surface area contributed by atoms with Crippen LogP contribution in [0.2, 0.25) is 0 Å². The first-order valence-electron chi connectivity index (χ1n) is 5.70. The van der Waals surface area contributed by atoms with Crippen LogP contribution in [0.5, 0.6) is 0 Å². The molecular formula is C11H21NO. The van der Waals surface area contributed by atoms with Crippen LogP contribution in [-0.4, -0.2) is 36.7 Å². The molecular weight excluding hydrogens is 162 g/mol. The van der Waals surface area contributed by atoms with E-state index in [1.807, 2.05) is 0 Å². The lowest BCUT2D eigenvalue weighted by molar-refractivity contribution is 0.0120. The summed E-state index contributed by atoms with van der Waals surface area (Å²) in [6.45, 7) is 7.76. The Morgan fingerprint density at radius 2 is 2.23 bits per heavy atom. The Labute approximate surface area is 81.3 Å². The fraction of sp³-hybridized carbons (Fsp3) is 1.00. The van der Waals surface area contributed by atoms with Crippen molar-refractivity contribution in [2.24, 2.45) is 5.92 Å². The van der Waals surface area contributed by atoms with Gasteiger partial charge in [-0.2, -0.15) is 0 Å². The van der Waals surface area contributed by atoms with Gasteiger partial charge in [0.05, 0.1) is 6.61 Å². The number of hydrogen-bond acceptors (Lipinski definition) is 2. The van der Waals surface area contributed by atoms with Gasteiger partial charge < -0.3 is 4.74 Å². The van der Waals surface area contributed by atoms with Crippen molar-refractivity contribution in [3.63, 3.8) is 0 Å². The Morgan fingerprint density at radius 3 is 2.92 bits per heavy atom. The topological polar surface area (TPSA) is 12.5 Å². The molecule has 0 spiro atoms. The van der Waals surface area contributed by atoms with Crippen LogP contribution in [0.25, 0.3) is 0 Å². The smallest absolute Gasteiger partial charge is 0.0624 e. The number of likely N-dealkylation sites (N-methyl/N-ethyl adjacent to an activating group) is 1. The minimum absolute atomic E-state index is 0.740. The highest BCUT2D eigenvalue weighted by Crippen LogP contribution is 2.35. The molecule has 3 atom stereocenters. The molecule has 0 aromatic carbocycles. The molecule has 13 heavy (non-hydrogen) atoms. The summed E-state index contributed by atoms with van der Waals surface area (Å²) in [7, 11) is 0. The Kier molecular flexibility index (Phi) is 2.89. The van der Waals surface area contributed by atoms with Gasteiger partial charge in [-0.05, 0) is 31.7 Å². The second-order valence-electron chi connectivity index (χ2n) is 4.32. The lowest BCUT2D eigenvalue weighted by atomic mass is 9.94. The summed E-state index contributed by atoms with van der Waals surface area (Å²) in [6, 6.07) is 1.57. The van der Waals surface area contributed by atoms with E-state index in [0.29, 0.717) is 0 Å². The van der Waals surface area contributed by atoms with Crippen LogP contribution in [0.1, 0.15) is 33.1 Å². The Bertz CT molecular complexity index is 167. The van der Waals surface area contributed by atoms with Crippen molar-refractivity contribution in [1.29, 1.82) is 0 Å². The van der Waals surface area contributed by atoms with Gasteiger partial charge in [-0.15, -0.1) is 0 Å². The van der Waals surface area contributed by atoms with Gasteiger partial charge in [-0.1, -0.05) is 13.8 Å². The normalized spacial score (nSPS) is 40.6. The van der Waals surface area contributed by atoms with Gasteiger partial charge in [-0.25, -0.2) is 0 Å². The van der Waals surface area contributed by atoms with Crippen molar-refractivity contribution in [2.75, 3.05) is 19.8 Å². The SMILES string of the molecule is CCC1CC2CCOCC2N1CC. The van der Waals surface area contributed by atoms with E-state index in [1.165, 1.54) is 25.8 Å². The number of nitrogens with zero attached hydrogens (tertiary/aromatic N) is 1. The molecule has 0 bridgehead atoms. The van der Waals surface area contributed by atoms with E-state index in [0.717, 1.165) is 31.2 Å². The number of fused-ring (bicyclic) bond motifs is 1. The maximum absolute atomic E-state index is 5.57. The Balaban J connectivity index is 2.05. The van der Waals surface area contributed by atoms with E-state index in [9.17, 15) is 0 Å². The summed E-state index contributed by atoms with van der Waals surface area (Å²) in [6.07, 6.45) is 4.01. The first kappa shape index (κ1) is 9.47. The Morgan fingerprint density at radius 1 is 1.38 bits per heavy atom. The highest BCUT2D eigenvalue weighted by atomic mass is 16.5. The fourth-order valence-electron chi connectivity index (χ4n) is 3.06. The molecule has 0 N–H and O–H groups in total. The van der Waals surface area contributed by atoms with Gasteiger partial charge in [0.2, 0.25) is 0 Å². The lowest BCUT2D eigenvalue weighted by Gasteiger charge is -2.32. The molecule has 2 aliphatic heterocycles. The van der Waals surface area contributed by atoms with Crippen LogP contribution in [0.15, 0.2) is 0 Å². The zero-order valence-corrected chi connectivity index (χ0v) is 8.83. The van der Waals surface area contributed by atoms with E-state index in [4.69, 9.17) is 4.74 Å². The molecule has 0 aromatic heterocycles. The summed E-state index contributed by atoms with van der Waals surface area (Å²) < 4.78 is 5.57. The third-order valence-electron chi connectivity index (χ3n) is 3.77. The van der Waals surface area contributed by atoms with Crippen LogP contribution in [-0.2, 0) is 4.74 Å². The minimum Gasteiger partial charge on any atom is -0.380 e. The van der Waals surface area contributed by atoms with Crippen LogP contribution in [0.4, 0.5) is 0 Å². The molecule has 2 fully saturated rings. The van der Waals surface area contributed by atoms with Gasteiger partial charge in [0.15, 0.2) is 0 Å². The van der Waals surface area contributed by atoms with Gasteiger partial charge in [0.1, 0.15) is 0 Å². The van der Waals surface area contributed by atoms with Crippen LogP contribution >= 0.6 is 0 Å². The van der Waals surface area contributed by atoms with Crippen LogP contribution in [0.3, 0.4) is 0 Å². The molecule has 0 radical (unpaired) electrons. The molecule has 3 unspecified atom stereocenters. The zero-order valence-electron chi connectivity index (χ0n) is 8.83. The molecule has 2 nitrogen and oxygen atoms in total. The number of rotatable bonds is 2. The Hall–Kier alpha value is -0.0800. The maximum Gasteiger partial charge on any atom is 0.0624 e. The summed E-state index contributed by atoms with van der Waals surface area (Å²) >= 11 is 0. The van der Waals surface area contributed by atoms with Crippen molar-refractivity contribution in [2.45, 2.75) is 45.2 Å². The van der Waals surface area contributed by atoms with Crippen LogP contribution < -0.4 is 0 Å². The van der Waals surface area contributed by atoms with E-state index in [1.54, 1.807) is 0 Å². The average Bonchev–Trinajstić information content (AvgIpc) is 2.55. The monoisotopic (exact) mass is 183 g/mol. The summed E-state index contributed by atoms with van der Waals surface area (Å²) in [4.78, 5) is 2.66. The molecule has 2 heteroatoms. The van der Waals surface area contributed by atoms with E-state index in [2.05, 4.69) is 18.7 Å². The number of likely N-dealkylation sites (tertiary alicyclic amines) is 1. The van der Waals surface area contributed by atoms with Crippen LogP contribution in [0, 0.1) is 5.92 Å². The molecule has 76 valence electrons. The first-order valence-corrected chi connectivity index (χ1v) is 5.70. The predicted molar refractivity (Wildman–Crippen MR) is 53.8 cm³/mol. The number of hydrogen-bond donors (Lipinski definition) is 0. The van der Waals surface area contributed by atoms with Crippen molar-refractivity contribution in [1.82, 2.24) is 4.90 Å². The van der Waals surface area contributed by atoms with E-state index in [-0.39, 0.29) is 0 Å². The third-order valence-corrected chi connectivity index (χ3v) is 3.77. The average molecular weight is 183 g/mol. The highest BCUT2D eigenvalue weighted by molar-refractivity contribution is 4.94. The molecule has 0 aliphatic carbocycles. The van der Waals surface area contributed by atoms with E-state index < -0.39 is 0 Å². The van der Waals surface area contributed by atoms with Gasteiger partial charge in [0, 0.05) is 18.7 Å². The van der Waals surface area contributed by atoms with Gasteiger partial charge in [0.25, 0.3) is 0 Å². The summed E-state index contributed by atoms with van der Waals surface area (Å²) in [5.41, 5.74) is 0. The molecule has 0 saturated carbocycles. The van der Waals surface area contributed by atoms with E-state index >= 15 is 0 Å². The van der Waals surface area contributed by atoms with Crippen molar-refractivity contribution in [3.05, 3.63) is 0 Å². The maximum atomic E-state index is 5.57. The van der Waals surface area contributed by atoms with Crippen molar-refractivity contribution >= 4 is 0 Å². The lowest BCUT2D eigenvalue weighted by Crippen LogP contribution is -2.42. The molecule has 2 heterocycles. The minimum atomic E-state index is 0.740. The second-order valence-corrected chi connectivity index (χ2v) is 4.32. The first-order chi connectivity index (χ1) is 6.36. The predicted octanol–water partition coefficient (Wildman–Crippen LogP) is 1.90. The highest BCUT2D eigenvalue weighted by Gasteiger charge is 2.40. The molecule has 2 saturated heterocycles. The standard InChI is InChI=1S/C11H21NO/c1-3-10-7-9-5-6-13-8-11(9)12(10)4-2/h9-11H,3-8H2,1-2H3. The fourth-order valence-corrected chi connectivity index (χ4v) is 3.06. The van der Waals surface area contributed by atoms with Crippen molar-refractivity contribution < 1.29 is 4.74 Å². The second kappa shape index (κ2) is 3.97. The zero-order chi connectivity index (χ0) is 9.26. The van der Waals surface area contributed by atoms with Gasteiger partial charge >= 0.3 is 0 Å². The number of ether oxygens (including phenoxy) is 1. The molecule has 2 rings (SSSR count). The molecule has 0 amide bonds. The quantitative estimate of drug-likeness (QED) is 0.648. The van der Waals surface area contributed by atoms with Gasteiger partial charge in [-0.3, -0.25) is 4.90 Å². The molecule has 2 aliphatic rings. The molecule has 0 aromatic rings. The van der Waals surface area contributed by atoms with Crippen molar-refractivity contribution in [3.8, 4) is 0 Å². The third kappa shape index (κ3) is 1.62. The largest absolute Gasteiger partial charge is 0.380 e. The summed E-state index contributed by atoms with van der Waals surface area (Å²) in [5.74, 6) is 0.929. The summed E-state index contributed by atoms with van der Waals surface area (Å²) in [5, 5.41) is 0.